The fourth-order valence-corrected chi connectivity index (χ4v) is 1.52. The maximum Gasteiger partial charge on any atom is 0.433 e. The van der Waals surface area contributed by atoms with Crippen LogP contribution in [0.3, 0.4) is 0 Å². The van der Waals surface area contributed by atoms with Crippen LogP contribution in [-0.2, 0) is 15.7 Å². The van der Waals surface area contributed by atoms with Crippen molar-refractivity contribution >= 4 is 17.3 Å². The molecule has 0 amide bonds. The van der Waals surface area contributed by atoms with E-state index in [2.05, 4.69) is 9.72 Å². The van der Waals surface area contributed by atoms with Crippen LogP contribution < -0.4 is 4.90 Å². The normalized spacial score (nSPS) is 11.1. The van der Waals surface area contributed by atoms with E-state index in [4.69, 9.17) is 0 Å². The first-order chi connectivity index (χ1) is 9.66. The highest BCUT2D eigenvalue weighted by atomic mass is 19.4. The van der Waals surface area contributed by atoms with Crippen LogP contribution in [0, 0.1) is 10.1 Å². The van der Waals surface area contributed by atoms with Gasteiger partial charge in [0.15, 0.2) is 0 Å². The summed E-state index contributed by atoms with van der Waals surface area (Å²) >= 11 is 0. The minimum Gasteiger partial charge on any atom is -0.465 e. The summed E-state index contributed by atoms with van der Waals surface area (Å²) in [5.41, 5.74) is -2.27. The van der Waals surface area contributed by atoms with Crippen molar-refractivity contribution in [3.8, 4) is 0 Å². The number of carbonyl (C=O) groups excluding carboxylic acids is 1. The molecule has 1 heterocycles. The number of aromatic nitrogens is 1. The Morgan fingerprint density at radius 2 is 2.14 bits per heavy atom. The van der Waals surface area contributed by atoms with Gasteiger partial charge in [-0.3, -0.25) is 14.9 Å². The molecule has 116 valence electrons. The molecule has 0 saturated heterocycles. The van der Waals surface area contributed by atoms with Gasteiger partial charge in [-0.2, -0.15) is 13.2 Å². The second-order valence-electron chi connectivity index (χ2n) is 3.97. The SMILES string of the molecule is CCOC(=O)CN(C)c1cc(C(F)(F)F)ncc1[N+](=O)[O-]. The van der Waals surface area contributed by atoms with Gasteiger partial charge >= 0.3 is 17.8 Å². The van der Waals surface area contributed by atoms with Gasteiger partial charge in [-0.25, -0.2) is 4.98 Å². The number of ether oxygens (including phenoxy) is 1. The molecule has 0 aromatic carbocycles. The van der Waals surface area contributed by atoms with E-state index >= 15 is 0 Å². The van der Waals surface area contributed by atoms with E-state index in [0.29, 0.717) is 12.3 Å². The van der Waals surface area contributed by atoms with E-state index in [1.54, 1.807) is 6.92 Å². The molecule has 0 aliphatic carbocycles. The molecule has 21 heavy (non-hydrogen) atoms. The van der Waals surface area contributed by atoms with E-state index in [1.165, 1.54) is 7.05 Å². The third kappa shape index (κ3) is 4.29. The van der Waals surface area contributed by atoms with Gasteiger partial charge in [-0.15, -0.1) is 0 Å². The number of hydrogen-bond acceptors (Lipinski definition) is 6. The van der Waals surface area contributed by atoms with Gasteiger partial charge < -0.3 is 9.64 Å². The zero-order chi connectivity index (χ0) is 16.2. The highest BCUT2D eigenvalue weighted by Crippen LogP contribution is 2.34. The van der Waals surface area contributed by atoms with Crippen molar-refractivity contribution in [3.63, 3.8) is 0 Å². The van der Waals surface area contributed by atoms with E-state index in [1.807, 2.05) is 0 Å². The summed E-state index contributed by atoms with van der Waals surface area (Å²) in [6, 6.07) is 0.525. The summed E-state index contributed by atoms with van der Waals surface area (Å²) < 4.78 is 42.5. The number of hydrogen-bond donors (Lipinski definition) is 0. The third-order valence-electron chi connectivity index (χ3n) is 2.43. The maximum atomic E-state index is 12.6. The fraction of sp³-hybridized carbons (Fsp3) is 0.455. The van der Waals surface area contributed by atoms with Crippen molar-refractivity contribution < 1.29 is 27.6 Å². The Morgan fingerprint density at radius 1 is 1.52 bits per heavy atom. The molecule has 0 fully saturated rings. The van der Waals surface area contributed by atoms with E-state index in [9.17, 15) is 28.1 Å². The van der Waals surface area contributed by atoms with Crippen molar-refractivity contribution in [1.82, 2.24) is 4.98 Å². The average molecular weight is 307 g/mol. The van der Waals surface area contributed by atoms with Crippen LogP contribution in [0.1, 0.15) is 12.6 Å². The minimum atomic E-state index is -4.74. The number of esters is 1. The molecule has 1 aromatic heterocycles. The van der Waals surface area contributed by atoms with Crippen LogP contribution in [0.4, 0.5) is 24.5 Å². The predicted molar refractivity (Wildman–Crippen MR) is 65.8 cm³/mol. The molecule has 0 aliphatic heterocycles. The third-order valence-corrected chi connectivity index (χ3v) is 2.43. The summed E-state index contributed by atoms with van der Waals surface area (Å²) in [6.45, 7) is 1.24. The Bertz CT molecular complexity index is 548. The Balaban J connectivity index is 3.17. The molecule has 0 atom stereocenters. The van der Waals surface area contributed by atoms with Crippen LogP contribution in [0.5, 0.6) is 0 Å². The summed E-state index contributed by atoms with van der Waals surface area (Å²) in [7, 11) is 1.25. The number of carbonyl (C=O) groups is 1. The Hall–Kier alpha value is -2.39. The highest BCUT2D eigenvalue weighted by molar-refractivity contribution is 5.77. The van der Waals surface area contributed by atoms with Crippen molar-refractivity contribution in [2.75, 3.05) is 25.1 Å². The molecule has 0 N–H and O–H groups in total. The molecule has 1 aromatic rings. The zero-order valence-electron chi connectivity index (χ0n) is 11.2. The number of nitro groups is 1. The second-order valence-corrected chi connectivity index (χ2v) is 3.97. The molecule has 0 unspecified atom stereocenters. The van der Waals surface area contributed by atoms with Crippen molar-refractivity contribution in [3.05, 3.63) is 28.1 Å². The molecule has 0 aliphatic rings. The molecular weight excluding hydrogens is 295 g/mol. The monoisotopic (exact) mass is 307 g/mol. The number of rotatable bonds is 5. The van der Waals surface area contributed by atoms with Crippen LogP contribution in [0.2, 0.25) is 0 Å². The number of nitrogens with zero attached hydrogens (tertiary/aromatic N) is 3. The van der Waals surface area contributed by atoms with Gasteiger partial charge in [0.1, 0.15) is 24.1 Å². The smallest absolute Gasteiger partial charge is 0.433 e. The molecule has 0 saturated carbocycles. The van der Waals surface area contributed by atoms with Gasteiger partial charge in [0.2, 0.25) is 0 Å². The molecule has 7 nitrogen and oxygen atoms in total. The van der Waals surface area contributed by atoms with E-state index in [-0.39, 0.29) is 12.3 Å². The first kappa shape index (κ1) is 16.7. The Kier molecular flexibility index (Phi) is 5.06. The van der Waals surface area contributed by atoms with Gasteiger partial charge in [0, 0.05) is 7.05 Å². The maximum absolute atomic E-state index is 12.6. The summed E-state index contributed by atoms with van der Waals surface area (Å²) in [5, 5.41) is 10.8. The van der Waals surface area contributed by atoms with Crippen LogP contribution in [0.25, 0.3) is 0 Å². The lowest BCUT2D eigenvalue weighted by atomic mass is 10.2. The van der Waals surface area contributed by atoms with Gasteiger partial charge in [0.25, 0.3) is 0 Å². The molecule has 0 bridgehead atoms. The van der Waals surface area contributed by atoms with Crippen LogP contribution in [0.15, 0.2) is 12.3 Å². The lowest BCUT2D eigenvalue weighted by Crippen LogP contribution is -2.28. The van der Waals surface area contributed by atoms with Crippen LogP contribution >= 0.6 is 0 Å². The summed E-state index contributed by atoms with van der Waals surface area (Å²) in [6.07, 6.45) is -4.23. The number of halogens is 3. The number of alkyl halides is 3. The second kappa shape index (κ2) is 6.37. The number of anilines is 1. The summed E-state index contributed by atoms with van der Waals surface area (Å²) in [5.74, 6) is -0.709. The average Bonchev–Trinajstić information content (AvgIpc) is 2.36. The largest absolute Gasteiger partial charge is 0.465 e. The zero-order valence-corrected chi connectivity index (χ0v) is 11.2. The molecule has 10 heteroatoms. The Morgan fingerprint density at radius 3 is 2.62 bits per heavy atom. The van der Waals surface area contributed by atoms with Gasteiger partial charge in [-0.1, -0.05) is 0 Å². The lowest BCUT2D eigenvalue weighted by Gasteiger charge is -2.19. The number of likely N-dealkylation sites (N-methyl/N-ethyl adjacent to an activating group) is 1. The predicted octanol–water partition coefficient (Wildman–Crippen LogP) is 2.01. The van der Waals surface area contributed by atoms with Crippen molar-refractivity contribution in [1.29, 1.82) is 0 Å². The van der Waals surface area contributed by atoms with Crippen molar-refractivity contribution in [2.24, 2.45) is 0 Å². The molecule has 0 spiro atoms. The van der Waals surface area contributed by atoms with Crippen molar-refractivity contribution in [2.45, 2.75) is 13.1 Å². The first-order valence-corrected chi connectivity index (χ1v) is 5.75. The standard InChI is InChI=1S/C11H12F3N3O4/c1-3-21-10(18)6-16(2)7-4-9(11(12,13)14)15-5-8(7)17(19)20/h4-5H,3,6H2,1-2H3. The first-order valence-electron chi connectivity index (χ1n) is 5.75. The van der Waals surface area contributed by atoms with Gasteiger partial charge in [-0.05, 0) is 13.0 Å². The van der Waals surface area contributed by atoms with E-state index < -0.39 is 35.0 Å². The topological polar surface area (TPSA) is 85.6 Å². The molecular formula is C11H12F3N3O4. The molecule has 1 rings (SSSR count). The van der Waals surface area contributed by atoms with E-state index in [0.717, 1.165) is 4.90 Å². The van der Waals surface area contributed by atoms with Gasteiger partial charge in [0.05, 0.1) is 11.5 Å². The Labute approximate surface area is 117 Å². The summed E-state index contributed by atoms with van der Waals surface area (Å²) in [4.78, 5) is 25.3. The minimum absolute atomic E-state index is 0.0961. The lowest BCUT2D eigenvalue weighted by molar-refractivity contribution is -0.384. The highest BCUT2D eigenvalue weighted by Gasteiger charge is 2.35. The molecule has 0 radical (unpaired) electrons. The quantitative estimate of drug-likeness (QED) is 0.470. The number of pyridine rings is 1. The van der Waals surface area contributed by atoms with Crippen LogP contribution in [-0.4, -0.2) is 36.1 Å². The fourth-order valence-electron chi connectivity index (χ4n) is 1.52.